The average molecular weight is 353 g/mol. The number of hydrogen-bond acceptors (Lipinski definition) is 3. The molecule has 1 aliphatic rings. The fourth-order valence-electron chi connectivity index (χ4n) is 3.01. The molecule has 0 aliphatic carbocycles. The predicted octanol–water partition coefficient (Wildman–Crippen LogP) is 2.55. The molecule has 26 heavy (non-hydrogen) atoms. The van der Waals surface area contributed by atoms with Crippen molar-refractivity contribution in [3.8, 4) is 5.75 Å². The van der Waals surface area contributed by atoms with E-state index in [9.17, 15) is 9.59 Å². The van der Waals surface area contributed by atoms with Gasteiger partial charge in [-0.25, -0.2) is 4.79 Å². The van der Waals surface area contributed by atoms with Crippen LogP contribution in [0.1, 0.15) is 12.0 Å². The zero-order valence-corrected chi connectivity index (χ0v) is 14.8. The quantitative estimate of drug-likeness (QED) is 0.838. The van der Waals surface area contributed by atoms with Gasteiger partial charge in [0.15, 0.2) is 0 Å². The average Bonchev–Trinajstić information content (AvgIpc) is 3.06. The van der Waals surface area contributed by atoms with E-state index in [1.165, 1.54) is 0 Å². The van der Waals surface area contributed by atoms with Crippen molar-refractivity contribution < 1.29 is 14.3 Å². The van der Waals surface area contributed by atoms with Crippen molar-refractivity contribution in [1.82, 2.24) is 10.6 Å². The third-order valence-electron chi connectivity index (χ3n) is 4.44. The van der Waals surface area contributed by atoms with E-state index >= 15 is 0 Å². The number of urea groups is 1. The SMILES string of the molecule is COc1ccc(N2C[C@H](CNC(=O)NCc3ccccc3)CC2=O)cc1. The molecule has 6 nitrogen and oxygen atoms in total. The van der Waals surface area contributed by atoms with Crippen molar-refractivity contribution >= 4 is 17.6 Å². The van der Waals surface area contributed by atoms with Crippen LogP contribution < -0.4 is 20.3 Å². The molecule has 0 aromatic heterocycles. The Balaban J connectivity index is 1.45. The largest absolute Gasteiger partial charge is 0.497 e. The molecule has 6 heteroatoms. The minimum absolute atomic E-state index is 0.0756. The highest BCUT2D eigenvalue weighted by Crippen LogP contribution is 2.26. The standard InChI is InChI=1S/C20H23N3O3/c1-26-18-9-7-17(8-10-18)23-14-16(11-19(23)24)13-22-20(25)21-12-15-5-3-2-4-6-15/h2-10,16H,11-14H2,1H3,(H2,21,22,25)/t16-/m0/s1. The fraction of sp³-hybridized carbons (Fsp3) is 0.300. The van der Waals surface area contributed by atoms with Gasteiger partial charge in [-0.15, -0.1) is 0 Å². The highest BCUT2D eigenvalue weighted by Gasteiger charge is 2.30. The van der Waals surface area contributed by atoms with Gasteiger partial charge in [0.2, 0.25) is 5.91 Å². The van der Waals surface area contributed by atoms with Crippen molar-refractivity contribution in [2.75, 3.05) is 25.1 Å². The maximum absolute atomic E-state index is 12.3. The number of amides is 3. The first-order valence-electron chi connectivity index (χ1n) is 8.66. The lowest BCUT2D eigenvalue weighted by Gasteiger charge is -2.17. The normalized spacial score (nSPS) is 16.4. The molecule has 0 spiro atoms. The predicted molar refractivity (Wildman–Crippen MR) is 100 cm³/mol. The molecule has 0 unspecified atom stereocenters. The lowest BCUT2D eigenvalue weighted by molar-refractivity contribution is -0.117. The monoisotopic (exact) mass is 353 g/mol. The van der Waals surface area contributed by atoms with Gasteiger partial charge < -0.3 is 20.3 Å². The second-order valence-electron chi connectivity index (χ2n) is 6.32. The summed E-state index contributed by atoms with van der Waals surface area (Å²) in [6.45, 7) is 1.55. The highest BCUT2D eigenvalue weighted by atomic mass is 16.5. The van der Waals surface area contributed by atoms with E-state index in [1.807, 2.05) is 54.6 Å². The van der Waals surface area contributed by atoms with Crippen LogP contribution in [0, 0.1) is 5.92 Å². The Morgan fingerprint density at radius 1 is 1.12 bits per heavy atom. The Kier molecular flexibility index (Phi) is 5.73. The maximum atomic E-state index is 12.3. The molecule has 0 bridgehead atoms. The van der Waals surface area contributed by atoms with Gasteiger partial charge in [-0.2, -0.15) is 0 Å². The minimum Gasteiger partial charge on any atom is -0.497 e. The number of nitrogens with zero attached hydrogens (tertiary/aromatic N) is 1. The number of nitrogens with one attached hydrogen (secondary N) is 2. The van der Waals surface area contributed by atoms with Crippen LogP contribution in [-0.2, 0) is 11.3 Å². The van der Waals surface area contributed by atoms with Gasteiger partial charge in [-0.05, 0) is 29.8 Å². The van der Waals surface area contributed by atoms with Gasteiger partial charge in [-0.1, -0.05) is 30.3 Å². The number of hydrogen-bond donors (Lipinski definition) is 2. The molecule has 1 heterocycles. The van der Waals surface area contributed by atoms with Gasteiger partial charge in [-0.3, -0.25) is 4.79 Å². The van der Waals surface area contributed by atoms with E-state index in [0.29, 0.717) is 26.1 Å². The number of benzene rings is 2. The molecule has 1 aliphatic heterocycles. The zero-order chi connectivity index (χ0) is 18.4. The molecule has 2 aromatic carbocycles. The molecular weight excluding hydrogens is 330 g/mol. The Hall–Kier alpha value is -3.02. The summed E-state index contributed by atoms with van der Waals surface area (Å²) < 4.78 is 5.14. The highest BCUT2D eigenvalue weighted by molar-refractivity contribution is 5.95. The number of carbonyl (C=O) groups excluding carboxylic acids is 2. The van der Waals surface area contributed by atoms with Crippen LogP contribution >= 0.6 is 0 Å². The van der Waals surface area contributed by atoms with Gasteiger partial charge in [0.1, 0.15) is 5.75 Å². The van der Waals surface area contributed by atoms with E-state index in [-0.39, 0.29) is 17.9 Å². The summed E-state index contributed by atoms with van der Waals surface area (Å²) in [5.74, 6) is 0.937. The first-order valence-corrected chi connectivity index (χ1v) is 8.66. The molecule has 2 aromatic rings. The molecule has 1 saturated heterocycles. The Bertz CT molecular complexity index is 747. The third-order valence-corrected chi connectivity index (χ3v) is 4.44. The minimum atomic E-state index is -0.218. The zero-order valence-electron chi connectivity index (χ0n) is 14.8. The summed E-state index contributed by atoms with van der Waals surface area (Å²) in [6, 6.07) is 16.9. The smallest absolute Gasteiger partial charge is 0.315 e. The fourth-order valence-corrected chi connectivity index (χ4v) is 3.01. The van der Waals surface area contributed by atoms with E-state index in [2.05, 4.69) is 10.6 Å². The Labute approximate surface area is 153 Å². The summed E-state index contributed by atoms with van der Waals surface area (Å²) in [4.78, 5) is 26.0. The Morgan fingerprint density at radius 3 is 2.54 bits per heavy atom. The van der Waals surface area contributed by atoms with Crippen molar-refractivity contribution in [3.63, 3.8) is 0 Å². The van der Waals surface area contributed by atoms with Crippen LogP contribution in [0.5, 0.6) is 5.75 Å². The molecule has 136 valence electrons. The summed E-state index contributed by atoms with van der Waals surface area (Å²) >= 11 is 0. The second-order valence-corrected chi connectivity index (χ2v) is 6.32. The maximum Gasteiger partial charge on any atom is 0.315 e. The van der Waals surface area contributed by atoms with E-state index in [1.54, 1.807) is 12.0 Å². The van der Waals surface area contributed by atoms with Crippen molar-refractivity contribution in [1.29, 1.82) is 0 Å². The van der Waals surface area contributed by atoms with Crippen molar-refractivity contribution in [2.24, 2.45) is 5.92 Å². The van der Waals surface area contributed by atoms with Crippen LogP contribution in [0.4, 0.5) is 10.5 Å². The van der Waals surface area contributed by atoms with Crippen LogP contribution in [0.3, 0.4) is 0 Å². The van der Waals surface area contributed by atoms with Gasteiger partial charge >= 0.3 is 6.03 Å². The van der Waals surface area contributed by atoms with Gasteiger partial charge in [0, 0.05) is 37.7 Å². The van der Waals surface area contributed by atoms with Crippen LogP contribution in [0.25, 0.3) is 0 Å². The number of anilines is 1. The molecular formula is C20H23N3O3. The van der Waals surface area contributed by atoms with E-state index in [0.717, 1.165) is 17.0 Å². The summed E-state index contributed by atoms with van der Waals surface area (Å²) in [7, 11) is 1.61. The molecule has 1 fully saturated rings. The lowest BCUT2D eigenvalue weighted by atomic mass is 10.1. The summed E-state index contributed by atoms with van der Waals surface area (Å²) in [6.07, 6.45) is 0.436. The molecule has 1 atom stereocenters. The van der Waals surface area contributed by atoms with Crippen molar-refractivity contribution in [3.05, 3.63) is 60.2 Å². The number of carbonyl (C=O) groups is 2. The van der Waals surface area contributed by atoms with E-state index in [4.69, 9.17) is 4.74 Å². The summed E-state index contributed by atoms with van der Waals surface area (Å²) in [5.41, 5.74) is 1.90. The van der Waals surface area contributed by atoms with Crippen molar-refractivity contribution in [2.45, 2.75) is 13.0 Å². The first-order chi connectivity index (χ1) is 12.7. The Morgan fingerprint density at radius 2 is 1.85 bits per heavy atom. The lowest BCUT2D eigenvalue weighted by Crippen LogP contribution is -2.38. The molecule has 3 amide bonds. The molecule has 2 N–H and O–H groups in total. The number of rotatable bonds is 6. The van der Waals surface area contributed by atoms with Crippen LogP contribution in [0.2, 0.25) is 0 Å². The van der Waals surface area contributed by atoms with Gasteiger partial charge in [0.25, 0.3) is 0 Å². The number of ether oxygens (including phenoxy) is 1. The van der Waals surface area contributed by atoms with Gasteiger partial charge in [0.05, 0.1) is 7.11 Å². The third kappa shape index (κ3) is 4.53. The molecule has 0 saturated carbocycles. The molecule has 0 radical (unpaired) electrons. The summed E-state index contributed by atoms with van der Waals surface area (Å²) in [5, 5.41) is 5.68. The number of methoxy groups -OCH3 is 1. The second kappa shape index (κ2) is 8.38. The first kappa shape index (κ1) is 17.8. The van der Waals surface area contributed by atoms with Crippen LogP contribution in [0.15, 0.2) is 54.6 Å². The van der Waals surface area contributed by atoms with E-state index < -0.39 is 0 Å². The van der Waals surface area contributed by atoms with Crippen LogP contribution in [-0.4, -0.2) is 32.1 Å². The molecule has 3 rings (SSSR count). The topological polar surface area (TPSA) is 70.7 Å².